The van der Waals surface area contributed by atoms with Crippen LogP contribution in [0.1, 0.15) is 34.8 Å². The maximum Gasteiger partial charge on any atom is 0.355 e. The normalized spacial score (nSPS) is 16.4. The molecule has 20 heavy (non-hydrogen) atoms. The molecule has 2 rings (SSSR count). The molecule has 0 radical (unpaired) electrons. The van der Waals surface area contributed by atoms with Crippen LogP contribution in [-0.2, 0) is 16.0 Å². The summed E-state index contributed by atoms with van der Waals surface area (Å²) in [5, 5.41) is 13.9. The first-order chi connectivity index (χ1) is 9.57. The minimum Gasteiger partial charge on any atom is -0.476 e. The number of carboxylic acids is 1. The van der Waals surface area contributed by atoms with Gasteiger partial charge in [-0.3, -0.25) is 4.79 Å². The third kappa shape index (κ3) is 3.16. The molecular formula is C13H18N2O4S. The molecule has 110 valence electrons. The number of hydrogen-bond acceptors (Lipinski definition) is 5. The summed E-state index contributed by atoms with van der Waals surface area (Å²) in [6.45, 7) is 0.927. The SMILES string of the molecule is COCC1(C(=O)NCCc2nc(C(=O)O)cs2)CCC1. The summed E-state index contributed by atoms with van der Waals surface area (Å²) in [6.07, 6.45) is 3.35. The van der Waals surface area contributed by atoms with Gasteiger partial charge in [-0.2, -0.15) is 0 Å². The third-order valence-corrected chi connectivity index (χ3v) is 4.52. The number of carboxylic acid groups (broad SMARTS) is 1. The number of carbonyl (C=O) groups excluding carboxylic acids is 1. The van der Waals surface area contributed by atoms with Crippen molar-refractivity contribution < 1.29 is 19.4 Å². The van der Waals surface area contributed by atoms with E-state index in [1.54, 1.807) is 7.11 Å². The summed E-state index contributed by atoms with van der Waals surface area (Å²) in [5.74, 6) is -0.995. The second-order valence-electron chi connectivity index (χ2n) is 5.00. The maximum absolute atomic E-state index is 12.1. The van der Waals surface area contributed by atoms with Crippen LogP contribution in [0.25, 0.3) is 0 Å². The van der Waals surface area contributed by atoms with Crippen LogP contribution in [0.15, 0.2) is 5.38 Å². The monoisotopic (exact) mass is 298 g/mol. The number of methoxy groups -OCH3 is 1. The Bertz CT molecular complexity index is 496. The average molecular weight is 298 g/mol. The lowest BCUT2D eigenvalue weighted by Crippen LogP contribution is -2.49. The number of rotatable bonds is 7. The zero-order chi connectivity index (χ0) is 14.6. The standard InChI is InChI=1S/C13H18N2O4S/c1-19-8-13(4-2-5-13)12(18)14-6-3-10-15-9(7-20-10)11(16)17/h7H,2-6,8H2,1H3,(H,14,18)(H,16,17). The molecule has 1 saturated carbocycles. The van der Waals surface area contributed by atoms with Gasteiger partial charge in [0, 0.05) is 25.5 Å². The minimum absolute atomic E-state index is 0.0283. The molecule has 0 aromatic carbocycles. The molecule has 0 unspecified atom stereocenters. The number of aromatic nitrogens is 1. The first-order valence-electron chi connectivity index (χ1n) is 6.52. The number of aromatic carboxylic acids is 1. The molecule has 0 aliphatic heterocycles. The van der Waals surface area contributed by atoms with E-state index >= 15 is 0 Å². The van der Waals surface area contributed by atoms with Crippen molar-refractivity contribution in [1.29, 1.82) is 0 Å². The van der Waals surface area contributed by atoms with Crippen LogP contribution >= 0.6 is 11.3 Å². The fraction of sp³-hybridized carbons (Fsp3) is 0.615. The molecule has 1 fully saturated rings. The quantitative estimate of drug-likeness (QED) is 0.792. The molecule has 1 aromatic rings. The van der Waals surface area contributed by atoms with E-state index in [1.807, 2.05) is 0 Å². The number of thiazole rings is 1. The number of carbonyl (C=O) groups is 2. The summed E-state index contributed by atoms with van der Waals surface area (Å²) >= 11 is 1.30. The van der Waals surface area contributed by atoms with Crippen LogP contribution in [0.3, 0.4) is 0 Å². The summed E-state index contributed by atoms with van der Waals surface area (Å²) in [6, 6.07) is 0. The van der Waals surface area contributed by atoms with Crippen LogP contribution in [0.2, 0.25) is 0 Å². The lowest BCUT2D eigenvalue weighted by molar-refractivity contribution is -0.140. The molecule has 0 saturated heterocycles. The Hall–Kier alpha value is -1.47. The minimum atomic E-state index is -1.02. The van der Waals surface area contributed by atoms with Crippen molar-refractivity contribution in [2.75, 3.05) is 20.3 Å². The molecule has 1 aliphatic rings. The zero-order valence-electron chi connectivity index (χ0n) is 11.3. The summed E-state index contributed by atoms with van der Waals surface area (Å²) in [7, 11) is 1.61. The Morgan fingerprint density at radius 1 is 1.55 bits per heavy atom. The fourth-order valence-corrected chi connectivity index (χ4v) is 3.08. The van der Waals surface area contributed by atoms with E-state index in [1.165, 1.54) is 16.7 Å². The lowest BCUT2D eigenvalue weighted by Gasteiger charge is -2.39. The zero-order valence-corrected chi connectivity index (χ0v) is 12.2. The number of nitrogens with one attached hydrogen (secondary N) is 1. The van der Waals surface area contributed by atoms with Crippen molar-refractivity contribution in [2.45, 2.75) is 25.7 Å². The second kappa shape index (κ2) is 6.32. The smallest absolute Gasteiger partial charge is 0.355 e. The number of nitrogens with zero attached hydrogens (tertiary/aromatic N) is 1. The molecule has 1 aromatic heterocycles. The summed E-state index contributed by atoms with van der Waals surface area (Å²) in [4.78, 5) is 26.8. The van der Waals surface area contributed by atoms with Gasteiger partial charge in [0.25, 0.3) is 0 Å². The number of ether oxygens (including phenoxy) is 1. The number of hydrogen-bond donors (Lipinski definition) is 2. The van der Waals surface area contributed by atoms with Crippen molar-refractivity contribution in [3.8, 4) is 0 Å². The highest BCUT2D eigenvalue weighted by Crippen LogP contribution is 2.41. The van der Waals surface area contributed by atoms with E-state index in [2.05, 4.69) is 10.3 Å². The largest absolute Gasteiger partial charge is 0.476 e. The maximum atomic E-state index is 12.1. The first kappa shape index (κ1) is 14.9. The van der Waals surface area contributed by atoms with Gasteiger partial charge in [0.1, 0.15) is 0 Å². The van der Waals surface area contributed by atoms with Gasteiger partial charge >= 0.3 is 5.97 Å². The van der Waals surface area contributed by atoms with Gasteiger partial charge in [-0.15, -0.1) is 11.3 Å². The Morgan fingerprint density at radius 2 is 2.30 bits per heavy atom. The van der Waals surface area contributed by atoms with Gasteiger partial charge in [0.15, 0.2) is 5.69 Å². The Kier molecular flexibility index (Phi) is 4.72. The molecular weight excluding hydrogens is 280 g/mol. The molecule has 1 amide bonds. The first-order valence-corrected chi connectivity index (χ1v) is 7.40. The van der Waals surface area contributed by atoms with Crippen molar-refractivity contribution >= 4 is 23.2 Å². The molecule has 0 atom stereocenters. The molecule has 6 nitrogen and oxygen atoms in total. The third-order valence-electron chi connectivity index (χ3n) is 3.61. The molecule has 0 spiro atoms. The predicted octanol–water partition coefficient (Wildman–Crippen LogP) is 1.32. The van der Waals surface area contributed by atoms with Gasteiger partial charge in [-0.05, 0) is 12.8 Å². The van der Waals surface area contributed by atoms with Gasteiger partial charge in [-0.1, -0.05) is 6.42 Å². The van der Waals surface area contributed by atoms with Crippen molar-refractivity contribution in [1.82, 2.24) is 10.3 Å². The lowest BCUT2D eigenvalue weighted by atomic mass is 9.68. The Labute approximate surface area is 121 Å². The van der Waals surface area contributed by atoms with Crippen molar-refractivity contribution in [3.05, 3.63) is 16.1 Å². The van der Waals surface area contributed by atoms with Gasteiger partial charge < -0.3 is 15.2 Å². The van der Waals surface area contributed by atoms with Gasteiger partial charge in [0.2, 0.25) is 5.91 Å². The van der Waals surface area contributed by atoms with E-state index in [0.717, 1.165) is 24.3 Å². The van der Waals surface area contributed by atoms with Gasteiger partial charge in [0.05, 0.1) is 17.0 Å². The van der Waals surface area contributed by atoms with Gasteiger partial charge in [-0.25, -0.2) is 9.78 Å². The molecule has 1 aliphatic carbocycles. The van der Waals surface area contributed by atoms with Crippen molar-refractivity contribution in [2.24, 2.45) is 5.41 Å². The highest BCUT2D eigenvalue weighted by molar-refractivity contribution is 7.09. The number of amides is 1. The molecule has 0 bridgehead atoms. The van der Waals surface area contributed by atoms with Crippen molar-refractivity contribution in [3.63, 3.8) is 0 Å². The average Bonchev–Trinajstić information content (AvgIpc) is 2.82. The van der Waals surface area contributed by atoms with Crippen LogP contribution < -0.4 is 5.32 Å². The van der Waals surface area contributed by atoms with Crippen LogP contribution in [0.4, 0.5) is 0 Å². The van der Waals surface area contributed by atoms with E-state index in [0.29, 0.717) is 19.6 Å². The summed E-state index contributed by atoms with van der Waals surface area (Å²) in [5.41, 5.74) is -0.296. The summed E-state index contributed by atoms with van der Waals surface area (Å²) < 4.78 is 5.13. The topological polar surface area (TPSA) is 88.5 Å². The van der Waals surface area contributed by atoms with E-state index in [9.17, 15) is 9.59 Å². The Morgan fingerprint density at radius 3 is 2.80 bits per heavy atom. The van der Waals surface area contributed by atoms with Crippen LogP contribution in [0, 0.1) is 5.41 Å². The fourth-order valence-electron chi connectivity index (χ4n) is 2.31. The Balaban J connectivity index is 1.80. The van der Waals surface area contributed by atoms with E-state index in [4.69, 9.17) is 9.84 Å². The van der Waals surface area contributed by atoms with Crippen LogP contribution in [-0.4, -0.2) is 42.2 Å². The van der Waals surface area contributed by atoms with E-state index in [-0.39, 0.29) is 17.0 Å². The van der Waals surface area contributed by atoms with Crippen LogP contribution in [0.5, 0.6) is 0 Å². The molecule has 2 N–H and O–H groups in total. The highest BCUT2D eigenvalue weighted by atomic mass is 32.1. The second-order valence-corrected chi connectivity index (χ2v) is 5.95. The highest BCUT2D eigenvalue weighted by Gasteiger charge is 2.43. The molecule has 1 heterocycles. The predicted molar refractivity (Wildman–Crippen MR) is 73.9 cm³/mol. The molecule has 7 heteroatoms. The van der Waals surface area contributed by atoms with E-state index < -0.39 is 5.97 Å².